The lowest BCUT2D eigenvalue weighted by Gasteiger charge is -2.17. The first-order chi connectivity index (χ1) is 14.2. The summed E-state index contributed by atoms with van der Waals surface area (Å²) in [5.41, 5.74) is -1.91. The monoisotopic (exact) mass is 412 g/mol. The van der Waals surface area contributed by atoms with Crippen molar-refractivity contribution in [1.82, 2.24) is 0 Å². The van der Waals surface area contributed by atoms with E-state index in [2.05, 4.69) is 0 Å². The van der Waals surface area contributed by atoms with E-state index in [0.717, 1.165) is 36.4 Å². The van der Waals surface area contributed by atoms with Gasteiger partial charge in [-0.25, -0.2) is 18.4 Å². The molecule has 0 atom stereocenters. The van der Waals surface area contributed by atoms with Crippen molar-refractivity contribution < 1.29 is 38.1 Å². The molecule has 1 aliphatic heterocycles. The highest BCUT2D eigenvalue weighted by Gasteiger charge is 2.25. The quantitative estimate of drug-likeness (QED) is 0.435. The third kappa shape index (κ3) is 2.93. The number of halogens is 2. The molecule has 0 amide bonds. The van der Waals surface area contributed by atoms with Crippen molar-refractivity contribution in [1.29, 1.82) is 0 Å². The molecule has 1 aliphatic carbocycles. The van der Waals surface area contributed by atoms with E-state index in [1.807, 2.05) is 0 Å². The van der Waals surface area contributed by atoms with Gasteiger partial charge in [-0.15, -0.1) is 0 Å². The number of carbonyl (C=O) groups is 2. The molecule has 2 aromatic carbocycles. The van der Waals surface area contributed by atoms with Crippen LogP contribution in [0.1, 0.15) is 20.7 Å². The Bertz CT molecular complexity index is 1400. The summed E-state index contributed by atoms with van der Waals surface area (Å²) in [5, 5.41) is 28.4. The van der Waals surface area contributed by atoms with Crippen molar-refractivity contribution in [3.8, 4) is 28.2 Å². The van der Waals surface area contributed by atoms with E-state index in [9.17, 15) is 33.4 Å². The first kappa shape index (κ1) is 19.1. The van der Waals surface area contributed by atoms with Crippen LogP contribution in [-0.4, -0.2) is 27.3 Å². The van der Waals surface area contributed by atoms with Crippen LogP contribution in [0.2, 0.25) is 0 Å². The molecular weight excluding hydrogens is 402 g/mol. The van der Waals surface area contributed by atoms with Gasteiger partial charge >= 0.3 is 11.9 Å². The van der Waals surface area contributed by atoms with Gasteiger partial charge in [0.2, 0.25) is 5.43 Å². The van der Waals surface area contributed by atoms with Crippen molar-refractivity contribution in [3.05, 3.63) is 75.4 Å². The lowest BCUT2D eigenvalue weighted by Crippen LogP contribution is -2.08. The summed E-state index contributed by atoms with van der Waals surface area (Å²) in [6.45, 7) is 0. The van der Waals surface area contributed by atoms with Gasteiger partial charge in [0.15, 0.2) is 17.4 Å². The van der Waals surface area contributed by atoms with E-state index in [1.54, 1.807) is 0 Å². The van der Waals surface area contributed by atoms with Crippen LogP contribution in [0, 0.1) is 11.6 Å². The van der Waals surface area contributed by atoms with Crippen LogP contribution in [0.4, 0.5) is 8.78 Å². The number of benzene rings is 3. The van der Waals surface area contributed by atoms with Crippen molar-refractivity contribution in [2.75, 3.05) is 0 Å². The molecule has 0 radical (unpaired) electrons. The maximum atomic E-state index is 14.1. The third-order valence-electron chi connectivity index (χ3n) is 4.61. The molecule has 2 aromatic rings. The molecule has 0 saturated heterocycles. The molecule has 0 saturated carbocycles. The predicted octanol–water partition coefficient (Wildman–Crippen LogP) is 3.95. The van der Waals surface area contributed by atoms with E-state index in [1.165, 1.54) is 6.07 Å². The average Bonchev–Trinajstić information content (AvgIpc) is 2.68. The summed E-state index contributed by atoms with van der Waals surface area (Å²) in [5.74, 6) is -5.90. The van der Waals surface area contributed by atoms with E-state index >= 15 is 0 Å². The van der Waals surface area contributed by atoms with Crippen molar-refractivity contribution >= 4 is 22.9 Å². The molecule has 0 bridgehead atoms. The van der Waals surface area contributed by atoms with Crippen molar-refractivity contribution in [2.24, 2.45) is 0 Å². The van der Waals surface area contributed by atoms with Gasteiger partial charge in [0.1, 0.15) is 11.3 Å². The zero-order valence-corrected chi connectivity index (χ0v) is 14.8. The summed E-state index contributed by atoms with van der Waals surface area (Å²) in [4.78, 5) is 34.8. The minimum atomic E-state index is -1.48. The summed E-state index contributed by atoms with van der Waals surface area (Å²) in [7, 11) is 0. The van der Waals surface area contributed by atoms with Gasteiger partial charge in [0.25, 0.3) is 0 Å². The predicted molar refractivity (Wildman–Crippen MR) is 100 cm³/mol. The highest BCUT2D eigenvalue weighted by molar-refractivity contribution is 6.08. The van der Waals surface area contributed by atoms with Crippen LogP contribution >= 0.6 is 0 Å². The Hall–Kier alpha value is -4.27. The number of hydrogen-bond acceptors (Lipinski definition) is 5. The van der Waals surface area contributed by atoms with E-state index in [4.69, 9.17) is 9.52 Å². The lowest BCUT2D eigenvalue weighted by atomic mass is 9.89. The van der Waals surface area contributed by atoms with E-state index in [-0.39, 0.29) is 39.0 Å². The van der Waals surface area contributed by atoms with Crippen LogP contribution in [-0.2, 0) is 0 Å². The molecule has 150 valence electrons. The van der Waals surface area contributed by atoms with Gasteiger partial charge in [-0.3, -0.25) is 4.79 Å². The Balaban J connectivity index is 2.23. The fourth-order valence-electron chi connectivity index (χ4n) is 3.26. The van der Waals surface area contributed by atoms with Gasteiger partial charge in [0.05, 0.1) is 11.1 Å². The number of aromatic hydroxyl groups is 1. The standard InChI is InChI=1S/C21H10F2O7/c22-13-4-11-17(6-15(13)24)30-18-7-16(25)14(23)5-12(18)19(11)9-2-1-8(20(26)27)3-10(9)21(28)29/h1-7,24H,(H,26,27)(H,28,29). The Morgan fingerprint density at radius 3 is 2.27 bits per heavy atom. The van der Waals surface area contributed by atoms with Crippen LogP contribution in [0.3, 0.4) is 0 Å². The Kier molecular flexibility index (Phi) is 4.23. The SMILES string of the molecule is O=C(O)c1ccc(-c2c3cc(F)c(=O)cc-3oc3cc(O)c(F)cc23)c(C(=O)O)c1. The Labute approximate surface area is 165 Å². The second kappa shape index (κ2) is 6.66. The van der Waals surface area contributed by atoms with Gasteiger partial charge in [0, 0.05) is 28.6 Å². The van der Waals surface area contributed by atoms with Crippen LogP contribution in [0.25, 0.3) is 33.4 Å². The topological polar surface area (TPSA) is 125 Å². The highest BCUT2D eigenvalue weighted by atomic mass is 19.1. The number of carboxylic acid groups (broad SMARTS) is 2. The minimum Gasteiger partial charge on any atom is -0.505 e. The molecule has 3 N–H and O–H groups in total. The summed E-state index contributed by atoms with van der Waals surface area (Å²) >= 11 is 0. The summed E-state index contributed by atoms with van der Waals surface area (Å²) in [6.07, 6.45) is 0. The van der Waals surface area contributed by atoms with Gasteiger partial charge in [-0.05, 0) is 29.8 Å². The fraction of sp³-hybridized carbons (Fsp3) is 0. The normalized spacial score (nSPS) is 11.1. The Morgan fingerprint density at radius 2 is 1.60 bits per heavy atom. The van der Waals surface area contributed by atoms with E-state index in [0.29, 0.717) is 0 Å². The number of carboxylic acids is 2. The highest BCUT2D eigenvalue weighted by Crippen LogP contribution is 2.42. The zero-order chi connectivity index (χ0) is 21.7. The molecule has 0 unspecified atom stereocenters. The number of phenolic OH excluding ortho intramolecular Hbond substituents is 1. The molecule has 9 heteroatoms. The fourth-order valence-corrected chi connectivity index (χ4v) is 3.26. The smallest absolute Gasteiger partial charge is 0.336 e. The zero-order valence-electron chi connectivity index (χ0n) is 14.8. The lowest BCUT2D eigenvalue weighted by molar-refractivity contribution is 0.0696. The summed E-state index contributed by atoms with van der Waals surface area (Å²) in [6, 6.07) is 6.74. The van der Waals surface area contributed by atoms with Crippen molar-refractivity contribution in [3.63, 3.8) is 0 Å². The van der Waals surface area contributed by atoms with Gasteiger partial charge < -0.3 is 19.7 Å². The van der Waals surface area contributed by atoms with Gasteiger partial charge in [-0.1, -0.05) is 6.07 Å². The second-order valence-electron chi connectivity index (χ2n) is 6.43. The molecule has 2 aliphatic rings. The Morgan fingerprint density at radius 1 is 0.867 bits per heavy atom. The molecule has 1 heterocycles. The van der Waals surface area contributed by atoms with Gasteiger partial charge in [-0.2, -0.15) is 0 Å². The minimum absolute atomic E-state index is 0.00149. The number of rotatable bonds is 3. The molecule has 0 spiro atoms. The number of aromatic carboxylic acids is 2. The molecule has 7 nitrogen and oxygen atoms in total. The maximum absolute atomic E-state index is 14.1. The first-order valence-electron chi connectivity index (χ1n) is 8.37. The number of fused-ring (bicyclic) bond motifs is 2. The molecule has 30 heavy (non-hydrogen) atoms. The average molecular weight is 412 g/mol. The second-order valence-corrected chi connectivity index (χ2v) is 6.43. The van der Waals surface area contributed by atoms with E-state index < -0.39 is 40.3 Å². The maximum Gasteiger partial charge on any atom is 0.336 e. The van der Waals surface area contributed by atoms with Crippen LogP contribution in [0.5, 0.6) is 5.75 Å². The molecule has 4 rings (SSSR count). The first-order valence-corrected chi connectivity index (χ1v) is 8.37. The van der Waals surface area contributed by atoms with Crippen LogP contribution < -0.4 is 5.43 Å². The van der Waals surface area contributed by atoms with Crippen LogP contribution in [0.15, 0.2) is 51.7 Å². The summed E-state index contributed by atoms with van der Waals surface area (Å²) < 4.78 is 33.7. The number of hydrogen-bond donors (Lipinski definition) is 3. The molecular formula is C21H10F2O7. The third-order valence-corrected chi connectivity index (χ3v) is 4.61. The molecule has 0 fully saturated rings. The largest absolute Gasteiger partial charge is 0.505 e. The van der Waals surface area contributed by atoms with Crippen molar-refractivity contribution in [2.45, 2.75) is 0 Å². The number of phenols is 1. The molecule has 0 aromatic heterocycles.